The van der Waals surface area contributed by atoms with E-state index < -0.39 is 0 Å². The molecule has 1 saturated heterocycles. The van der Waals surface area contributed by atoms with Crippen LogP contribution in [0.2, 0.25) is 5.02 Å². The van der Waals surface area contributed by atoms with Crippen molar-refractivity contribution in [2.45, 2.75) is 19.8 Å². The zero-order valence-electron chi connectivity index (χ0n) is 14.5. The van der Waals surface area contributed by atoms with Crippen molar-refractivity contribution in [3.8, 4) is 0 Å². The molecule has 2 aromatic rings. The van der Waals surface area contributed by atoms with Gasteiger partial charge in [-0.3, -0.25) is 9.59 Å². The second-order valence-electron chi connectivity index (χ2n) is 6.50. The molecule has 1 fully saturated rings. The zero-order chi connectivity index (χ0) is 18.7. The van der Waals surface area contributed by atoms with E-state index in [2.05, 4.69) is 5.32 Å². The summed E-state index contributed by atoms with van der Waals surface area (Å²) in [6, 6.07) is 10.8. The second-order valence-corrected chi connectivity index (χ2v) is 6.91. The van der Waals surface area contributed by atoms with Crippen molar-refractivity contribution in [2.75, 3.05) is 18.4 Å². The van der Waals surface area contributed by atoms with Crippen LogP contribution in [-0.4, -0.2) is 29.8 Å². The molecule has 0 radical (unpaired) electrons. The maximum Gasteiger partial charge on any atom is 0.253 e. The number of nitrogens with one attached hydrogen (secondary N) is 1. The molecule has 0 spiro atoms. The van der Waals surface area contributed by atoms with Crippen LogP contribution in [0.15, 0.2) is 42.5 Å². The number of hydrogen-bond acceptors (Lipinski definition) is 2. The highest BCUT2D eigenvalue weighted by Gasteiger charge is 2.29. The number of halogens is 2. The Morgan fingerprint density at radius 2 is 1.92 bits per heavy atom. The Hall–Kier alpha value is -2.40. The Labute approximate surface area is 157 Å². The van der Waals surface area contributed by atoms with E-state index in [0.717, 1.165) is 18.4 Å². The van der Waals surface area contributed by atoms with Gasteiger partial charge >= 0.3 is 0 Å². The van der Waals surface area contributed by atoms with Crippen LogP contribution in [0.4, 0.5) is 10.1 Å². The van der Waals surface area contributed by atoms with Gasteiger partial charge in [0.2, 0.25) is 5.91 Å². The molecule has 3 rings (SSSR count). The quantitative estimate of drug-likeness (QED) is 0.871. The molecule has 1 N–H and O–H groups in total. The number of hydrogen-bond donors (Lipinski definition) is 1. The molecule has 1 atom stereocenters. The highest BCUT2D eigenvalue weighted by Crippen LogP contribution is 2.25. The zero-order valence-corrected chi connectivity index (χ0v) is 15.2. The lowest BCUT2D eigenvalue weighted by Gasteiger charge is -2.32. The normalized spacial score (nSPS) is 17.0. The molecule has 2 aromatic carbocycles. The highest BCUT2D eigenvalue weighted by atomic mass is 35.5. The predicted octanol–water partition coefficient (Wildman–Crippen LogP) is 4.28. The van der Waals surface area contributed by atoms with Crippen LogP contribution in [0, 0.1) is 18.7 Å². The number of benzene rings is 2. The summed E-state index contributed by atoms with van der Waals surface area (Å²) in [4.78, 5) is 26.9. The van der Waals surface area contributed by atoms with Gasteiger partial charge in [-0.15, -0.1) is 0 Å². The molecule has 136 valence electrons. The topological polar surface area (TPSA) is 49.4 Å². The minimum absolute atomic E-state index is 0.119. The standard InChI is InChI=1S/C20H20ClFN2O2/c1-13-17(21)5-2-6-18(13)23-19(25)15-4-3-11-24(12-15)20(26)14-7-9-16(22)10-8-14/h2,5-10,15H,3-4,11-12H2,1H3,(H,23,25)/t15-/m1/s1. The Morgan fingerprint density at radius 3 is 2.65 bits per heavy atom. The van der Waals surface area contributed by atoms with Gasteiger partial charge in [0.15, 0.2) is 0 Å². The fourth-order valence-corrected chi connectivity index (χ4v) is 3.30. The maximum atomic E-state index is 13.0. The smallest absolute Gasteiger partial charge is 0.253 e. The molecule has 0 aromatic heterocycles. The van der Waals surface area contributed by atoms with E-state index in [1.165, 1.54) is 24.3 Å². The fraction of sp³-hybridized carbons (Fsp3) is 0.300. The minimum Gasteiger partial charge on any atom is -0.338 e. The minimum atomic E-state index is -0.380. The lowest BCUT2D eigenvalue weighted by molar-refractivity contribution is -0.121. The van der Waals surface area contributed by atoms with Crippen LogP contribution in [0.25, 0.3) is 0 Å². The number of likely N-dealkylation sites (tertiary alicyclic amines) is 1. The van der Waals surface area contributed by atoms with E-state index in [1.54, 1.807) is 17.0 Å². The summed E-state index contributed by atoms with van der Waals surface area (Å²) < 4.78 is 13.0. The predicted molar refractivity (Wildman–Crippen MR) is 99.8 cm³/mol. The van der Waals surface area contributed by atoms with Gasteiger partial charge in [-0.05, 0) is 61.7 Å². The Bertz CT molecular complexity index is 823. The van der Waals surface area contributed by atoms with Gasteiger partial charge < -0.3 is 10.2 Å². The third-order valence-electron chi connectivity index (χ3n) is 4.70. The van der Waals surface area contributed by atoms with Gasteiger partial charge in [0, 0.05) is 29.4 Å². The summed E-state index contributed by atoms with van der Waals surface area (Å²) in [5.41, 5.74) is 1.93. The van der Waals surface area contributed by atoms with E-state index >= 15 is 0 Å². The van der Waals surface area contributed by atoms with Crippen LogP contribution in [-0.2, 0) is 4.79 Å². The molecule has 0 unspecified atom stereocenters. The summed E-state index contributed by atoms with van der Waals surface area (Å²) in [5.74, 6) is -0.964. The van der Waals surface area contributed by atoms with Gasteiger partial charge in [-0.2, -0.15) is 0 Å². The first-order valence-corrected chi connectivity index (χ1v) is 8.94. The van der Waals surface area contributed by atoms with Crippen molar-refractivity contribution in [3.05, 3.63) is 64.4 Å². The molecule has 6 heteroatoms. The summed E-state index contributed by atoms with van der Waals surface area (Å²) in [5, 5.41) is 3.51. The van der Waals surface area contributed by atoms with Crippen molar-refractivity contribution in [3.63, 3.8) is 0 Å². The first-order chi connectivity index (χ1) is 12.5. The second kappa shape index (κ2) is 7.87. The molecular formula is C20H20ClFN2O2. The molecule has 2 amide bonds. The Morgan fingerprint density at radius 1 is 1.19 bits per heavy atom. The Kier molecular flexibility index (Phi) is 5.57. The van der Waals surface area contributed by atoms with Crippen LogP contribution in [0.5, 0.6) is 0 Å². The van der Waals surface area contributed by atoms with Crippen LogP contribution in [0.3, 0.4) is 0 Å². The maximum absolute atomic E-state index is 13.0. The molecule has 0 aliphatic carbocycles. The van der Waals surface area contributed by atoms with Crippen molar-refractivity contribution in [1.29, 1.82) is 0 Å². The lowest BCUT2D eigenvalue weighted by Crippen LogP contribution is -2.43. The Balaban J connectivity index is 1.67. The molecule has 26 heavy (non-hydrogen) atoms. The van der Waals surface area contributed by atoms with Crippen molar-refractivity contribution in [1.82, 2.24) is 4.90 Å². The van der Waals surface area contributed by atoms with Crippen LogP contribution >= 0.6 is 11.6 Å². The van der Waals surface area contributed by atoms with Gasteiger partial charge in [-0.25, -0.2) is 4.39 Å². The largest absolute Gasteiger partial charge is 0.338 e. The molecule has 1 heterocycles. The van der Waals surface area contributed by atoms with E-state index in [0.29, 0.717) is 29.4 Å². The monoisotopic (exact) mass is 374 g/mol. The molecule has 4 nitrogen and oxygen atoms in total. The molecule has 0 saturated carbocycles. The third kappa shape index (κ3) is 4.05. The first kappa shape index (κ1) is 18.4. The third-order valence-corrected chi connectivity index (χ3v) is 5.11. The SMILES string of the molecule is Cc1c(Cl)cccc1NC(=O)[C@@H]1CCCN(C(=O)c2ccc(F)cc2)C1. The first-order valence-electron chi connectivity index (χ1n) is 8.56. The lowest BCUT2D eigenvalue weighted by atomic mass is 9.96. The number of amides is 2. The van der Waals surface area contributed by atoms with Crippen molar-refractivity contribution < 1.29 is 14.0 Å². The van der Waals surface area contributed by atoms with Crippen molar-refractivity contribution in [2.24, 2.45) is 5.92 Å². The van der Waals surface area contributed by atoms with Gasteiger partial charge in [0.1, 0.15) is 5.82 Å². The van der Waals surface area contributed by atoms with E-state index in [-0.39, 0.29) is 23.5 Å². The summed E-state index contributed by atoms with van der Waals surface area (Å²) in [6.45, 7) is 2.79. The number of nitrogens with zero attached hydrogens (tertiary/aromatic N) is 1. The molecule has 1 aliphatic heterocycles. The van der Waals surface area contributed by atoms with Crippen molar-refractivity contribution >= 4 is 29.1 Å². The van der Waals surface area contributed by atoms with E-state index in [9.17, 15) is 14.0 Å². The van der Waals surface area contributed by atoms with E-state index in [4.69, 9.17) is 11.6 Å². The average molecular weight is 375 g/mol. The van der Waals surface area contributed by atoms with E-state index in [1.807, 2.05) is 13.0 Å². The van der Waals surface area contributed by atoms with Gasteiger partial charge in [-0.1, -0.05) is 17.7 Å². The number of rotatable bonds is 3. The number of anilines is 1. The molecular weight excluding hydrogens is 355 g/mol. The number of piperidine rings is 1. The summed E-state index contributed by atoms with van der Waals surface area (Å²) in [6.07, 6.45) is 1.47. The summed E-state index contributed by atoms with van der Waals surface area (Å²) in [7, 11) is 0. The highest BCUT2D eigenvalue weighted by molar-refractivity contribution is 6.31. The molecule has 1 aliphatic rings. The van der Waals surface area contributed by atoms with Gasteiger partial charge in [0.05, 0.1) is 5.92 Å². The van der Waals surface area contributed by atoms with Crippen LogP contribution < -0.4 is 5.32 Å². The average Bonchev–Trinajstić information content (AvgIpc) is 2.65. The summed E-state index contributed by atoms with van der Waals surface area (Å²) >= 11 is 6.10. The van der Waals surface area contributed by atoms with Crippen LogP contribution in [0.1, 0.15) is 28.8 Å². The fourth-order valence-electron chi connectivity index (χ4n) is 3.13. The van der Waals surface area contributed by atoms with Gasteiger partial charge in [0.25, 0.3) is 5.91 Å². The number of carbonyl (C=O) groups is 2. The number of carbonyl (C=O) groups excluding carboxylic acids is 2. The molecule has 0 bridgehead atoms.